The minimum atomic E-state index is -0.0302. The zero-order valence-electron chi connectivity index (χ0n) is 9.06. The lowest BCUT2D eigenvalue weighted by atomic mass is 10.2. The standard InChI is InChI=1S/C12H11N3OS/c13-8-3-1-2-7(4-8)11-14-10-6-17-5-9(10)12(16)15-11/h1-4H,5-6,13H2,(H,14,15,16). The summed E-state index contributed by atoms with van der Waals surface area (Å²) >= 11 is 1.72. The van der Waals surface area contributed by atoms with Crippen LogP contribution in [0.5, 0.6) is 0 Å². The summed E-state index contributed by atoms with van der Waals surface area (Å²) in [6, 6.07) is 7.37. The fraction of sp³-hybridized carbons (Fsp3) is 0.167. The molecule has 0 bridgehead atoms. The Bertz CT molecular complexity index is 636. The van der Waals surface area contributed by atoms with E-state index < -0.39 is 0 Å². The normalized spacial score (nSPS) is 13.6. The number of H-pyrrole nitrogens is 1. The number of benzene rings is 1. The number of thioether (sulfide) groups is 1. The van der Waals surface area contributed by atoms with Crippen LogP contribution in [0.15, 0.2) is 29.1 Å². The van der Waals surface area contributed by atoms with Gasteiger partial charge in [-0.3, -0.25) is 4.79 Å². The van der Waals surface area contributed by atoms with E-state index in [1.54, 1.807) is 11.8 Å². The molecule has 17 heavy (non-hydrogen) atoms. The number of aromatic nitrogens is 2. The summed E-state index contributed by atoms with van der Waals surface area (Å²) in [6.45, 7) is 0. The predicted octanol–water partition coefficient (Wildman–Crippen LogP) is 1.77. The van der Waals surface area contributed by atoms with Gasteiger partial charge in [0.2, 0.25) is 0 Å². The number of rotatable bonds is 1. The van der Waals surface area contributed by atoms with Crippen molar-refractivity contribution in [1.29, 1.82) is 0 Å². The van der Waals surface area contributed by atoms with Crippen molar-refractivity contribution >= 4 is 17.4 Å². The van der Waals surface area contributed by atoms with Gasteiger partial charge in [-0.2, -0.15) is 11.8 Å². The summed E-state index contributed by atoms with van der Waals surface area (Å²) in [7, 11) is 0. The van der Waals surface area contributed by atoms with Crippen LogP contribution in [0.4, 0.5) is 5.69 Å². The van der Waals surface area contributed by atoms with Crippen LogP contribution in [0.3, 0.4) is 0 Å². The molecule has 4 nitrogen and oxygen atoms in total. The SMILES string of the molecule is Nc1cccc(-c2nc3c(c(=O)[nH]2)CSC3)c1. The molecule has 0 unspecified atom stereocenters. The van der Waals surface area contributed by atoms with Gasteiger partial charge < -0.3 is 10.7 Å². The molecule has 3 rings (SSSR count). The van der Waals surface area contributed by atoms with E-state index in [9.17, 15) is 4.79 Å². The van der Waals surface area contributed by atoms with Gasteiger partial charge in [0.25, 0.3) is 5.56 Å². The zero-order valence-corrected chi connectivity index (χ0v) is 9.88. The van der Waals surface area contributed by atoms with Crippen molar-refractivity contribution in [3.05, 3.63) is 45.9 Å². The average molecular weight is 245 g/mol. The molecule has 1 aliphatic heterocycles. The third-order valence-corrected chi connectivity index (χ3v) is 3.72. The maximum atomic E-state index is 11.9. The molecule has 0 saturated heterocycles. The Morgan fingerprint density at radius 3 is 3.06 bits per heavy atom. The van der Waals surface area contributed by atoms with Crippen LogP contribution in [0, 0.1) is 0 Å². The highest BCUT2D eigenvalue weighted by molar-refractivity contribution is 7.98. The third-order valence-electron chi connectivity index (χ3n) is 2.75. The lowest BCUT2D eigenvalue weighted by Gasteiger charge is -2.04. The van der Waals surface area contributed by atoms with Gasteiger partial charge in [-0.05, 0) is 12.1 Å². The van der Waals surface area contributed by atoms with Crippen LogP contribution in [0.1, 0.15) is 11.3 Å². The highest BCUT2D eigenvalue weighted by atomic mass is 32.2. The number of nitrogens with one attached hydrogen (secondary N) is 1. The predicted molar refractivity (Wildman–Crippen MR) is 69.7 cm³/mol. The Hall–Kier alpha value is -1.75. The van der Waals surface area contributed by atoms with E-state index in [1.807, 2.05) is 24.3 Å². The van der Waals surface area contributed by atoms with Gasteiger partial charge in [0.05, 0.1) is 5.69 Å². The fourth-order valence-corrected chi connectivity index (χ4v) is 2.92. The van der Waals surface area contributed by atoms with Gasteiger partial charge in [0.15, 0.2) is 0 Å². The van der Waals surface area contributed by atoms with Crippen LogP contribution < -0.4 is 11.3 Å². The Morgan fingerprint density at radius 2 is 2.24 bits per heavy atom. The summed E-state index contributed by atoms with van der Waals surface area (Å²) in [5.74, 6) is 2.17. The van der Waals surface area contributed by atoms with Crippen LogP contribution >= 0.6 is 11.8 Å². The Balaban J connectivity index is 2.16. The lowest BCUT2D eigenvalue weighted by Crippen LogP contribution is -2.15. The highest BCUT2D eigenvalue weighted by Gasteiger charge is 2.17. The first-order chi connectivity index (χ1) is 8.24. The molecule has 0 saturated carbocycles. The van der Waals surface area contributed by atoms with Crippen molar-refractivity contribution in [1.82, 2.24) is 9.97 Å². The van der Waals surface area contributed by atoms with Crippen LogP contribution in [0.2, 0.25) is 0 Å². The lowest BCUT2D eigenvalue weighted by molar-refractivity contribution is 1.03. The van der Waals surface area contributed by atoms with E-state index in [1.165, 1.54) is 0 Å². The van der Waals surface area contributed by atoms with Crippen LogP contribution in [0.25, 0.3) is 11.4 Å². The molecule has 0 atom stereocenters. The molecule has 86 valence electrons. The Morgan fingerprint density at radius 1 is 1.35 bits per heavy atom. The fourth-order valence-electron chi connectivity index (χ4n) is 1.89. The smallest absolute Gasteiger partial charge is 0.255 e. The van der Waals surface area contributed by atoms with Crippen molar-refractivity contribution in [2.75, 3.05) is 5.73 Å². The average Bonchev–Trinajstić information content (AvgIpc) is 2.77. The van der Waals surface area contributed by atoms with E-state index in [2.05, 4.69) is 9.97 Å². The maximum Gasteiger partial charge on any atom is 0.255 e. The second-order valence-electron chi connectivity index (χ2n) is 3.96. The van der Waals surface area contributed by atoms with Gasteiger partial charge in [-0.25, -0.2) is 4.98 Å². The van der Waals surface area contributed by atoms with E-state index in [0.717, 1.165) is 28.3 Å². The molecule has 0 spiro atoms. The molecule has 1 aliphatic rings. The number of hydrogen-bond acceptors (Lipinski definition) is 4. The van der Waals surface area contributed by atoms with E-state index in [0.29, 0.717) is 11.5 Å². The number of aromatic amines is 1. The Kier molecular flexibility index (Phi) is 2.40. The van der Waals surface area contributed by atoms with Crippen molar-refractivity contribution in [3.63, 3.8) is 0 Å². The van der Waals surface area contributed by atoms with E-state index >= 15 is 0 Å². The quantitative estimate of drug-likeness (QED) is 0.751. The molecule has 2 aromatic rings. The summed E-state index contributed by atoms with van der Waals surface area (Å²) < 4.78 is 0. The summed E-state index contributed by atoms with van der Waals surface area (Å²) in [5, 5.41) is 0. The van der Waals surface area contributed by atoms with Crippen LogP contribution in [-0.2, 0) is 11.5 Å². The molecule has 0 aliphatic carbocycles. The number of nitrogens with zero attached hydrogens (tertiary/aromatic N) is 1. The number of hydrogen-bond donors (Lipinski definition) is 2. The summed E-state index contributed by atoms with van der Waals surface area (Å²) in [6.07, 6.45) is 0. The topological polar surface area (TPSA) is 71.8 Å². The summed E-state index contributed by atoms with van der Waals surface area (Å²) in [5.41, 5.74) is 8.92. The second kappa shape index (κ2) is 3.92. The highest BCUT2D eigenvalue weighted by Crippen LogP contribution is 2.27. The molecular weight excluding hydrogens is 234 g/mol. The van der Waals surface area contributed by atoms with Crippen molar-refractivity contribution in [3.8, 4) is 11.4 Å². The van der Waals surface area contributed by atoms with Crippen LogP contribution in [-0.4, -0.2) is 9.97 Å². The number of anilines is 1. The second-order valence-corrected chi connectivity index (χ2v) is 4.94. The number of nitrogens with two attached hydrogens (primary N) is 1. The van der Waals surface area contributed by atoms with Crippen molar-refractivity contribution in [2.45, 2.75) is 11.5 Å². The molecule has 5 heteroatoms. The van der Waals surface area contributed by atoms with E-state index in [4.69, 9.17) is 5.73 Å². The molecule has 0 fully saturated rings. The molecule has 0 radical (unpaired) electrons. The maximum absolute atomic E-state index is 11.9. The van der Waals surface area contributed by atoms with Crippen molar-refractivity contribution < 1.29 is 0 Å². The van der Waals surface area contributed by atoms with Gasteiger partial charge in [0.1, 0.15) is 5.82 Å². The first-order valence-electron chi connectivity index (χ1n) is 5.30. The molecule has 2 heterocycles. The minimum Gasteiger partial charge on any atom is -0.399 e. The third kappa shape index (κ3) is 1.82. The summed E-state index contributed by atoms with van der Waals surface area (Å²) in [4.78, 5) is 19.2. The minimum absolute atomic E-state index is 0.0302. The molecule has 1 aromatic heterocycles. The van der Waals surface area contributed by atoms with Gasteiger partial charge in [-0.15, -0.1) is 0 Å². The molecular formula is C12H11N3OS. The first kappa shape index (κ1) is 10.4. The zero-order chi connectivity index (χ0) is 11.8. The van der Waals surface area contributed by atoms with Crippen molar-refractivity contribution in [2.24, 2.45) is 0 Å². The van der Waals surface area contributed by atoms with Gasteiger partial charge >= 0.3 is 0 Å². The number of nitrogen functional groups attached to an aromatic ring is 1. The number of fused-ring (bicyclic) bond motifs is 1. The Labute approximate surface area is 102 Å². The molecule has 0 amide bonds. The molecule has 3 N–H and O–H groups in total. The largest absolute Gasteiger partial charge is 0.399 e. The van der Waals surface area contributed by atoms with Gasteiger partial charge in [0, 0.05) is 28.3 Å². The first-order valence-corrected chi connectivity index (χ1v) is 6.45. The molecule has 1 aromatic carbocycles. The monoisotopic (exact) mass is 245 g/mol. The van der Waals surface area contributed by atoms with Gasteiger partial charge in [-0.1, -0.05) is 12.1 Å². The van der Waals surface area contributed by atoms with E-state index in [-0.39, 0.29) is 5.56 Å².